The molecule has 4 heterocycles. The lowest BCUT2D eigenvalue weighted by atomic mass is 10.1. The molecule has 1 N–H and O–H groups in total. The molecule has 0 radical (unpaired) electrons. The van der Waals surface area contributed by atoms with Crippen LogP contribution in [0.15, 0.2) is 66.6 Å². The van der Waals surface area contributed by atoms with Crippen LogP contribution >= 0.6 is 11.6 Å². The molecule has 6 rings (SSSR count). The highest BCUT2D eigenvalue weighted by molar-refractivity contribution is 6.32. The molecule has 2 aromatic heterocycles. The lowest BCUT2D eigenvalue weighted by molar-refractivity contribution is 0.816. The highest BCUT2D eigenvalue weighted by atomic mass is 35.5. The Morgan fingerprint density at radius 3 is 2.76 bits per heavy atom. The third-order valence-corrected chi connectivity index (χ3v) is 7.00. The van der Waals surface area contributed by atoms with E-state index in [9.17, 15) is 0 Å². The molecule has 0 bridgehead atoms. The Hall–Kier alpha value is -4.02. The van der Waals surface area contributed by atoms with Crippen molar-refractivity contribution in [2.75, 3.05) is 25.0 Å². The molecule has 0 amide bonds. The summed E-state index contributed by atoms with van der Waals surface area (Å²) in [6, 6.07) is 18.3. The lowest BCUT2D eigenvalue weighted by Crippen LogP contribution is -2.18. The first kappa shape index (κ1) is 20.6. The molecular weight excluding hydrogens is 446 g/mol. The zero-order valence-electron chi connectivity index (χ0n) is 18.7. The van der Waals surface area contributed by atoms with Gasteiger partial charge in [-0.05, 0) is 65.7 Å². The number of fused-ring (bicyclic) bond motifs is 5. The molecular formula is C26H22ClN7. The van der Waals surface area contributed by atoms with E-state index in [0.29, 0.717) is 17.3 Å². The van der Waals surface area contributed by atoms with Crippen molar-refractivity contribution in [1.29, 1.82) is 5.26 Å². The summed E-state index contributed by atoms with van der Waals surface area (Å²) < 4.78 is 4.13. The number of nitrogens with zero attached hydrogens (tertiary/aromatic N) is 6. The van der Waals surface area contributed by atoms with E-state index in [1.54, 1.807) is 6.33 Å². The quantitative estimate of drug-likeness (QED) is 0.419. The average molecular weight is 468 g/mol. The number of anilines is 1. The zero-order chi connectivity index (χ0) is 23.2. The molecule has 1 fully saturated rings. The first-order valence-electron chi connectivity index (χ1n) is 11.2. The van der Waals surface area contributed by atoms with Crippen LogP contribution in [0.5, 0.6) is 0 Å². The minimum absolute atomic E-state index is 0.622. The van der Waals surface area contributed by atoms with Crippen LogP contribution in [0.1, 0.15) is 17.5 Å². The molecule has 0 unspecified atom stereocenters. The molecule has 0 saturated carbocycles. The van der Waals surface area contributed by atoms with Crippen molar-refractivity contribution in [3.8, 4) is 34.4 Å². The molecule has 1 saturated heterocycles. The van der Waals surface area contributed by atoms with Crippen LogP contribution < -0.4 is 10.2 Å². The largest absolute Gasteiger partial charge is 0.394 e. The number of benzene rings is 2. The SMILES string of the molecule is CN/C=C1\CCN(c2ccc3c(c2)Cn2c(cc(-c4ccc(C#N)cc4)c2Cl)-c2nncn2-3)C1. The summed E-state index contributed by atoms with van der Waals surface area (Å²) in [6.45, 7) is 2.56. The van der Waals surface area contributed by atoms with E-state index in [2.05, 4.69) is 61.5 Å². The van der Waals surface area contributed by atoms with E-state index >= 15 is 0 Å². The summed E-state index contributed by atoms with van der Waals surface area (Å²) in [5.74, 6) is 0.758. The highest BCUT2D eigenvalue weighted by Crippen LogP contribution is 2.40. The molecule has 2 aliphatic heterocycles. The van der Waals surface area contributed by atoms with Gasteiger partial charge >= 0.3 is 0 Å². The first-order valence-corrected chi connectivity index (χ1v) is 11.6. The number of hydrogen-bond donors (Lipinski definition) is 1. The van der Waals surface area contributed by atoms with Gasteiger partial charge in [-0.3, -0.25) is 4.57 Å². The second kappa shape index (κ2) is 8.08. The molecule has 0 spiro atoms. The summed E-state index contributed by atoms with van der Waals surface area (Å²) in [5.41, 5.74) is 8.24. The van der Waals surface area contributed by atoms with Crippen molar-refractivity contribution in [2.45, 2.75) is 13.0 Å². The fourth-order valence-electron chi connectivity index (χ4n) is 4.90. The number of aromatic nitrogens is 4. The Kier molecular flexibility index (Phi) is 4.89. The van der Waals surface area contributed by atoms with Crippen molar-refractivity contribution >= 4 is 17.3 Å². The normalized spacial score (nSPS) is 15.4. The standard InChI is InChI=1S/C26H22ClN7/c1-29-13-18-8-9-32(14-18)21-6-7-23-20(10-21)15-33-24(26-31-30-16-34(23)26)11-22(25(33)27)19-4-2-17(12-28)3-5-19/h2-7,10-11,13,16,29H,8-9,14-15H2,1H3/b18-13+. The monoisotopic (exact) mass is 467 g/mol. The Labute approximate surface area is 202 Å². The Morgan fingerprint density at radius 2 is 1.97 bits per heavy atom. The van der Waals surface area contributed by atoms with E-state index in [0.717, 1.165) is 53.4 Å². The van der Waals surface area contributed by atoms with Crippen molar-refractivity contribution in [2.24, 2.45) is 0 Å². The van der Waals surface area contributed by atoms with E-state index < -0.39 is 0 Å². The van der Waals surface area contributed by atoms with Gasteiger partial charge in [0.05, 0.1) is 29.6 Å². The van der Waals surface area contributed by atoms with E-state index in [4.69, 9.17) is 16.9 Å². The highest BCUT2D eigenvalue weighted by Gasteiger charge is 2.26. The second-order valence-electron chi connectivity index (χ2n) is 8.61. The van der Waals surface area contributed by atoms with Gasteiger partial charge in [0.15, 0.2) is 5.82 Å². The maximum atomic E-state index is 9.13. The van der Waals surface area contributed by atoms with Crippen LogP contribution in [0.3, 0.4) is 0 Å². The van der Waals surface area contributed by atoms with Crippen molar-refractivity contribution in [1.82, 2.24) is 24.6 Å². The molecule has 168 valence electrons. The fraction of sp³-hybridized carbons (Fsp3) is 0.192. The van der Waals surface area contributed by atoms with Gasteiger partial charge in [-0.25, -0.2) is 0 Å². The third-order valence-electron chi connectivity index (χ3n) is 6.59. The summed E-state index contributed by atoms with van der Waals surface area (Å²) in [4.78, 5) is 2.40. The summed E-state index contributed by atoms with van der Waals surface area (Å²) in [5, 5.41) is 21.6. The van der Waals surface area contributed by atoms with Gasteiger partial charge in [-0.15, -0.1) is 10.2 Å². The topological polar surface area (TPSA) is 74.7 Å². The van der Waals surface area contributed by atoms with Gasteiger partial charge < -0.3 is 14.8 Å². The minimum Gasteiger partial charge on any atom is -0.394 e. The molecule has 4 aromatic rings. The number of nitrogens with one attached hydrogen (secondary N) is 1. The van der Waals surface area contributed by atoms with Crippen LogP contribution in [-0.4, -0.2) is 39.5 Å². The van der Waals surface area contributed by atoms with E-state index in [1.165, 1.54) is 11.3 Å². The molecule has 0 atom stereocenters. The van der Waals surface area contributed by atoms with Crippen molar-refractivity contribution < 1.29 is 0 Å². The van der Waals surface area contributed by atoms with E-state index in [1.807, 2.05) is 35.9 Å². The number of halogens is 1. The van der Waals surface area contributed by atoms with Gasteiger partial charge in [0.25, 0.3) is 0 Å². The molecule has 8 heteroatoms. The molecule has 34 heavy (non-hydrogen) atoms. The Morgan fingerprint density at radius 1 is 1.12 bits per heavy atom. The maximum Gasteiger partial charge on any atom is 0.185 e. The van der Waals surface area contributed by atoms with Crippen LogP contribution in [0.25, 0.3) is 28.3 Å². The Bertz CT molecular complexity index is 1470. The summed E-state index contributed by atoms with van der Waals surface area (Å²) in [6.07, 6.45) is 4.92. The van der Waals surface area contributed by atoms with Crippen LogP contribution in [0.2, 0.25) is 5.15 Å². The Balaban J connectivity index is 1.44. The lowest BCUT2D eigenvalue weighted by Gasteiger charge is -2.20. The minimum atomic E-state index is 0.622. The maximum absolute atomic E-state index is 9.13. The number of nitriles is 1. The molecule has 7 nitrogen and oxygen atoms in total. The predicted molar refractivity (Wildman–Crippen MR) is 133 cm³/mol. The van der Waals surface area contributed by atoms with Crippen LogP contribution in [-0.2, 0) is 6.54 Å². The average Bonchev–Trinajstić information content (AvgIpc) is 3.58. The van der Waals surface area contributed by atoms with Crippen LogP contribution in [0, 0.1) is 11.3 Å². The molecule has 2 aromatic carbocycles. The van der Waals surface area contributed by atoms with Gasteiger partial charge in [0.1, 0.15) is 11.5 Å². The first-order chi connectivity index (χ1) is 16.7. The van der Waals surface area contributed by atoms with Gasteiger partial charge in [0, 0.05) is 31.4 Å². The van der Waals surface area contributed by atoms with Gasteiger partial charge in [0.2, 0.25) is 0 Å². The number of rotatable bonds is 3. The molecule has 0 aliphatic carbocycles. The smallest absolute Gasteiger partial charge is 0.185 e. The number of hydrogen-bond acceptors (Lipinski definition) is 5. The summed E-state index contributed by atoms with van der Waals surface area (Å²) >= 11 is 6.96. The van der Waals surface area contributed by atoms with Crippen molar-refractivity contribution in [3.63, 3.8) is 0 Å². The zero-order valence-corrected chi connectivity index (χ0v) is 19.4. The fourth-order valence-corrected chi connectivity index (χ4v) is 5.22. The summed E-state index contributed by atoms with van der Waals surface area (Å²) in [7, 11) is 1.94. The molecule has 2 aliphatic rings. The third kappa shape index (κ3) is 3.27. The predicted octanol–water partition coefficient (Wildman–Crippen LogP) is 4.60. The second-order valence-corrected chi connectivity index (χ2v) is 8.97. The van der Waals surface area contributed by atoms with Crippen LogP contribution in [0.4, 0.5) is 5.69 Å². The van der Waals surface area contributed by atoms with E-state index in [-0.39, 0.29) is 0 Å². The van der Waals surface area contributed by atoms with Gasteiger partial charge in [-0.1, -0.05) is 23.7 Å². The van der Waals surface area contributed by atoms with Crippen molar-refractivity contribution in [3.05, 3.63) is 82.9 Å². The van der Waals surface area contributed by atoms with Gasteiger partial charge in [-0.2, -0.15) is 5.26 Å².